The van der Waals surface area contributed by atoms with E-state index in [2.05, 4.69) is 15.1 Å². The van der Waals surface area contributed by atoms with Crippen molar-refractivity contribution in [1.82, 2.24) is 20.0 Å². The predicted molar refractivity (Wildman–Crippen MR) is 107 cm³/mol. The predicted octanol–water partition coefficient (Wildman–Crippen LogP) is 4.56. The molecule has 6 nitrogen and oxygen atoms in total. The van der Waals surface area contributed by atoms with Crippen LogP contribution in [-0.4, -0.2) is 33.0 Å². The third-order valence-electron chi connectivity index (χ3n) is 4.44. The van der Waals surface area contributed by atoms with Crippen molar-refractivity contribution in [3.05, 3.63) is 52.0 Å². The second-order valence-electron chi connectivity index (χ2n) is 6.22. The number of hydrogen-bond acceptors (Lipinski definition) is 7. The maximum atomic E-state index is 12.6. The summed E-state index contributed by atoms with van der Waals surface area (Å²) in [6.45, 7) is 2.00. The molecule has 0 spiro atoms. The second-order valence-corrected chi connectivity index (χ2v) is 8.07. The van der Waals surface area contributed by atoms with Gasteiger partial charge in [-0.1, -0.05) is 17.3 Å². The number of para-hydroxylation sites is 1. The van der Waals surface area contributed by atoms with Gasteiger partial charge in [0.25, 0.3) is 0 Å². The van der Waals surface area contributed by atoms with E-state index >= 15 is 0 Å². The molecule has 0 aliphatic heterocycles. The van der Waals surface area contributed by atoms with E-state index in [9.17, 15) is 4.79 Å². The summed E-state index contributed by atoms with van der Waals surface area (Å²) in [5.74, 6) is 1.07. The van der Waals surface area contributed by atoms with Crippen LogP contribution in [0.2, 0.25) is 0 Å². The summed E-state index contributed by atoms with van der Waals surface area (Å²) in [5.41, 5.74) is 1.90. The Bertz CT molecular complexity index is 1020. The molecule has 1 atom stereocenters. The summed E-state index contributed by atoms with van der Waals surface area (Å²) in [6.07, 6.45) is 0.740. The first-order valence-corrected chi connectivity index (χ1v) is 10.3. The van der Waals surface area contributed by atoms with Crippen molar-refractivity contribution in [2.45, 2.75) is 25.8 Å². The van der Waals surface area contributed by atoms with Crippen LogP contribution in [0.3, 0.4) is 0 Å². The van der Waals surface area contributed by atoms with Gasteiger partial charge in [-0.25, -0.2) is 4.98 Å². The highest BCUT2D eigenvalue weighted by molar-refractivity contribution is 7.18. The molecule has 1 unspecified atom stereocenters. The van der Waals surface area contributed by atoms with Crippen LogP contribution < -0.4 is 0 Å². The van der Waals surface area contributed by atoms with Crippen LogP contribution in [-0.2, 0) is 11.2 Å². The molecular formula is C19H18N4O2S2. The lowest BCUT2D eigenvalue weighted by Crippen LogP contribution is -2.29. The molecule has 4 aromatic rings. The maximum Gasteiger partial charge on any atom is 0.227 e. The molecule has 0 aliphatic carbocycles. The number of thiazole rings is 1. The fraction of sp³-hybridized carbons (Fsp3) is 0.263. The third kappa shape index (κ3) is 3.77. The van der Waals surface area contributed by atoms with E-state index in [1.54, 1.807) is 27.6 Å². The van der Waals surface area contributed by atoms with Crippen molar-refractivity contribution in [2.75, 3.05) is 7.05 Å². The summed E-state index contributed by atoms with van der Waals surface area (Å²) < 4.78 is 6.40. The van der Waals surface area contributed by atoms with Gasteiger partial charge in [-0.2, -0.15) is 16.3 Å². The van der Waals surface area contributed by atoms with Crippen LogP contribution in [0.4, 0.5) is 0 Å². The number of rotatable bonds is 6. The highest BCUT2D eigenvalue weighted by Gasteiger charge is 2.21. The van der Waals surface area contributed by atoms with Gasteiger partial charge < -0.3 is 9.42 Å². The molecule has 0 aliphatic rings. The molecule has 0 radical (unpaired) electrons. The smallest absolute Gasteiger partial charge is 0.227 e. The van der Waals surface area contributed by atoms with E-state index in [1.807, 2.05) is 55.1 Å². The minimum atomic E-state index is -0.0843. The van der Waals surface area contributed by atoms with Crippen molar-refractivity contribution in [2.24, 2.45) is 0 Å². The quantitative estimate of drug-likeness (QED) is 0.476. The Morgan fingerprint density at radius 2 is 2.11 bits per heavy atom. The van der Waals surface area contributed by atoms with Gasteiger partial charge in [-0.3, -0.25) is 4.79 Å². The number of thiophene rings is 1. The minimum Gasteiger partial charge on any atom is -0.339 e. The molecule has 3 heterocycles. The Balaban J connectivity index is 1.38. The molecule has 3 aromatic heterocycles. The summed E-state index contributed by atoms with van der Waals surface area (Å²) in [6, 6.07) is 9.87. The standard InChI is InChI=1S/C19H18N4O2S2/c1-12(19-20-14-5-3-4-6-15(14)27-19)23(2)17(24)8-7-16-21-18(22-25-16)13-9-10-26-11-13/h3-6,9-12H,7-8H2,1-2H3. The van der Waals surface area contributed by atoms with Gasteiger partial charge in [0.05, 0.1) is 16.3 Å². The van der Waals surface area contributed by atoms with E-state index in [-0.39, 0.29) is 11.9 Å². The van der Waals surface area contributed by atoms with E-state index in [1.165, 1.54) is 0 Å². The molecule has 8 heteroatoms. The third-order valence-corrected chi connectivity index (χ3v) is 6.33. The molecule has 1 aromatic carbocycles. The normalized spacial score (nSPS) is 12.4. The molecule has 4 rings (SSSR count). The number of nitrogens with zero attached hydrogens (tertiary/aromatic N) is 4. The zero-order valence-electron chi connectivity index (χ0n) is 15.0. The summed E-state index contributed by atoms with van der Waals surface area (Å²) >= 11 is 3.20. The van der Waals surface area contributed by atoms with Gasteiger partial charge in [0.2, 0.25) is 17.6 Å². The molecule has 27 heavy (non-hydrogen) atoms. The number of aromatic nitrogens is 3. The maximum absolute atomic E-state index is 12.6. The molecule has 0 saturated carbocycles. The fourth-order valence-corrected chi connectivity index (χ4v) is 4.40. The average molecular weight is 399 g/mol. The van der Waals surface area contributed by atoms with Crippen molar-refractivity contribution in [3.8, 4) is 11.4 Å². The van der Waals surface area contributed by atoms with E-state index in [0.29, 0.717) is 24.6 Å². The lowest BCUT2D eigenvalue weighted by atomic mass is 10.2. The first-order valence-electron chi connectivity index (χ1n) is 8.58. The SMILES string of the molecule is CC(c1nc2ccccc2s1)N(C)C(=O)CCc1nc(-c2ccsc2)no1. The average Bonchev–Trinajstić information content (AvgIpc) is 3.44. The van der Waals surface area contributed by atoms with Crippen LogP contribution in [0.5, 0.6) is 0 Å². The van der Waals surface area contributed by atoms with Crippen LogP contribution in [0.15, 0.2) is 45.6 Å². The number of aryl methyl sites for hydroxylation is 1. The van der Waals surface area contributed by atoms with Crippen LogP contribution in [0, 0.1) is 0 Å². The molecule has 1 amide bonds. The highest BCUT2D eigenvalue weighted by atomic mass is 32.1. The minimum absolute atomic E-state index is 0.0250. The van der Waals surface area contributed by atoms with Crippen molar-refractivity contribution < 1.29 is 9.32 Å². The Kier molecular flexibility index (Phi) is 5.00. The summed E-state index contributed by atoms with van der Waals surface area (Å²) in [5, 5.41) is 8.84. The zero-order chi connectivity index (χ0) is 18.8. The Morgan fingerprint density at radius 1 is 1.26 bits per heavy atom. The zero-order valence-corrected chi connectivity index (χ0v) is 16.6. The number of carbonyl (C=O) groups is 1. The Labute approximate surface area is 164 Å². The number of hydrogen-bond donors (Lipinski definition) is 0. The summed E-state index contributed by atoms with van der Waals surface area (Å²) in [4.78, 5) is 23.3. The van der Waals surface area contributed by atoms with E-state index < -0.39 is 0 Å². The van der Waals surface area contributed by atoms with Crippen molar-refractivity contribution >= 4 is 38.8 Å². The number of fused-ring (bicyclic) bond motifs is 1. The monoisotopic (exact) mass is 398 g/mol. The Hall–Kier alpha value is -2.58. The largest absolute Gasteiger partial charge is 0.339 e. The van der Waals surface area contributed by atoms with E-state index in [4.69, 9.17) is 4.52 Å². The highest BCUT2D eigenvalue weighted by Crippen LogP contribution is 2.29. The molecule has 0 N–H and O–H groups in total. The van der Waals surface area contributed by atoms with E-state index in [0.717, 1.165) is 20.8 Å². The molecular weight excluding hydrogens is 380 g/mol. The fourth-order valence-electron chi connectivity index (χ4n) is 2.71. The van der Waals surface area contributed by atoms with Crippen molar-refractivity contribution in [3.63, 3.8) is 0 Å². The first-order chi connectivity index (χ1) is 13.1. The number of amides is 1. The van der Waals surface area contributed by atoms with Gasteiger partial charge in [0.1, 0.15) is 5.01 Å². The van der Waals surface area contributed by atoms with Gasteiger partial charge in [0.15, 0.2) is 0 Å². The van der Waals surface area contributed by atoms with Gasteiger partial charge in [-0.05, 0) is 30.5 Å². The van der Waals surface area contributed by atoms with Crippen LogP contribution >= 0.6 is 22.7 Å². The Morgan fingerprint density at radius 3 is 2.89 bits per heavy atom. The van der Waals surface area contributed by atoms with Crippen molar-refractivity contribution in [1.29, 1.82) is 0 Å². The first kappa shape index (κ1) is 17.8. The molecule has 0 fully saturated rings. The molecule has 138 valence electrons. The molecule has 0 saturated heterocycles. The van der Waals surface area contributed by atoms with Crippen LogP contribution in [0.25, 0.3) is 21.6 Å². The lowest BCUT2D eigenvalue weighted by molar-refractivity contribution is -0.131. The van der Waals surface area contributed by atoms with Gasteiger partial charge in [-0.15, -0.1) is 11.3 Å². The molecule has 0 bridgehead atoms. The number of benzene rings is 1. The van der Waals surface area contributed by atoms with Crippen LogP contribution in [0.1, 0.15) is 30.3 Å². The van der Waals surface area contributed by atoms with Gasteiger partial charge >= 0.3 is 0 Å². The second kappa shape index (κ2) is 7.58. The lowest BCUT2D eigenvalue weighted by Gasteiger charge is -2.23. The number of carbonyl (C=O) groups excluding carboxylic acids is 1. The van der Waals surface area contributed by atoms with Gasteiger partial charge in [0, 0.05) is 30.8 Å². The summed E-state index contributed by atoms with van der Waals surface area (Å²) in [7, 11) is 1.81. The topological polar surface area (TPSA) is 72.1 Å².